The Kier molecular flexibility index (Phi) is 3.33. The third kappa shape index (κ3) is 2.54. The molecule has 1 aliphatic rings. The van der Waals surface area contributed by atoms with Gasteiger partial charge in [0.05, 0.1) is 23.8 Å². The van der Waals surface area contributed by atoms with Gasteiger partial charge >= 0.3 is 0 Å². The predicted molar refractivity (Wildman–Crippen MR) is 59.7 cm³/mol. The summed E-state index contributed by atoms with van der Waals surface area (Å²) in [4.78, 5) is 16.9. The number of hydrogen-bond acceptors (Lipinski definition) is 4. The summed E-state index contributed by atoms with van der Waals surface area (Å²) in [5, 5.41) is 6.11. The van der Waals surface area contributed by atoms with Gasteiger partial charge in [-0.1, -0.05) is 0 Å². The van der Waals surface area contributed by atoms with Crippen molar-refractivity contribution in [1.82, 2.24) is 15.6 Å². The van der Waals surface area contributed by atoms with E-state index in [9.17, 15) is 4.79 Å². The highest BCUT2D eigenvalue weighted by Gasteiger charge is 2.21. The molecular formula is C10H15N3OS. The number of rotatable bonds is 3. The van der Waals surface area contributed by atoms with Gasteiger partial charge in [0.25, 0.3) is 0 Å². The Balaban J connectivity index is 1.83. The van der Waals surface area contributed by atoms with Crippen LogP contribution in [-0.4, -0.2) is 23.5 Å². The van der Waals surface area contributed by atoms with E-state index in [4.69, 9.17) is 0 Å². The minimum atomic E-state index is 0.0122. The van der Waals surface area contributed by atoms with Crippen LogP contribution in [0.15, 0.2) is 5.51 Å². The molecule has 2 N–H and O–H groups in total. The van der Waals surface area contributed by atoms with Gasteiger partial charge < -0.3 is 10.6 Å². The van der Waals surface area contributed by atoms with Crippen molar-refractivity contribution in [2.45, 2.75) is 32.4 Å². The molecule has 0 bridgehead atoms. The van der Waals surface area contributed by atoms with Crippen LogP contribution in [0.2, 0.25) is 0 Å². The third-order valence-corrected chi connectivity index (χ3v) is 3.58. The number of aromatic nitrogens is 1. The molecule has 4 nitrogen and oxygen atoms in total. The third-order valence-electron chi connectivity index (χ3n) is 2.64. The summed E-state index contributed by atoms with van der Waals surface area (Å²) < 4.78 is 0. The Morgan fingerprint density at radius 3 is 3.27 bits per heavy atom. The highest BCUT2D eigenvalue weighted by atomic mass is 32.1. The van der Waals surface area contributed by atoms with Crippen LogP contribution >= 0.6 is 11.3 Å². The lowest BCUT2D eigenvalue weighted by atomic mass is 10.2. The van der Waals surface area contributed by atoms with E-state index in [0.29, 0.717) is 6.54 Å². The Morgan fingerprint density at radius 2 is 2.67 bits per heavy atom. The maximum absolute atomic E-state index is 11.7. The van der Waals surface area contributed by atoms with Crippen LogP contribution in [-0.2, 0) is 11.3 Å². The van der Waals surface area contributed by atoms with Gasteiger partial charge in [0, 0.05) is 4.88 Å². The molecule has 0 aliphatic carbocycles. The summed E-state index contributed by atoms with van der Waals surface area (Å²) in [6.07, 6.45) is 2.05. The molecule has 5 heteroatoms. The van der Waals surface area contributed by atoms with Gasteiger partial charge in [-0.25, -0.2) is 4.98 Å². The van der Waals surface area contributed by atoms with Crippen molar-refractivity contribution in [1.29, 1.82) is 0 Å². The molecule has 0 saturated carbocycles. The SMILES string of the molecule is Cc1ncsc1CNC(=O)C1CCCN1. The van der Waals surface area contributed by atoms with Gasteiger partial charge in [0.1, 0.15) is 0 Å². The van der Waals surface area contributed by atoms with Crippen molar-refractivity contribution < 1.29 is 4.79 Å². The maximum atomic E-state index is 11.7. The van der Waals surface area contributed by atoms with Crippen molar-refractivity contribution in [2.75, 3.05) is 6.54 Å². The Bertz CT molecular complexity index is 344. The summed E-state index contributed by atoms with van der Waals surface area (Å²) >= 11 is 1.59. The van der Waals surface area contributed by atoms with Crippen LogP contribution in [0.25, 0.3) is 0 Å². The lowest BCUT2D eigenvalue weighted by Crippen LogP contribution is -2.39. The predicted octanol–water partition coefficient (Wildman–Crippen LogP) is 0.820. The van der Waals surface area contributed by atoms with E-state index < -0.39 is 0 Å². The number of nitrogens with zero attached hydrogens (tertiary/aromatic N) is 1. The fraction of sp³-hybridized carbons (Fsp3) is 0.600. The average molecular weight is 225 g/mol. The monoisotopic (exact) mass is 225 g/mol. The number of thiazole rings is 1. The van der Waals surface area contributed by atoms with Gasteiger partial charge in [-0.05, 0) is 26.3 Å². The maximum Gasteiger partial charge on any atom is 0.237 e. The van der Waals surface area contributed by atoms with Crippen molar-refractivity contribution >= 4 is 17.2 Å². The quantitative estimate of drug-likeness (QED) is 0.801. The summed E-state index contributed by atoms with van der Waals surface area (Å²) in [7, 11) is 0. The van der Waals surface area contributed by atoms with Crippen molar-refractivity contribution in [3.63, 3.8) is 0 Å². The molecule has 1 aliphatic heterocycles. The molecule has 82 valence electrons. The van der Waals surface area contributed by atoms with Crippen molar-refractivity contribution in [3.05, 3.63) is 16.1 Å². The van der Waals surface area contributed by atoms with Gasteiger partial charge in [-0.3, -0.25) is 4.79 Å². The van der Waals surface area contributed by atoms with Crippen LogP contribution in [0.4, 0.5) is 0 Å². The first-order chi connectivity index (χ1) is 7.27. The van der Waals surface area contributed by atoms with Crippen LogP contribution in [0.5, 0.6) is 0 Å². The molecule has 0 aromatic carbocycles. The molecule has 0 radical (unpaired) electrons. The zero-order valence-corrected chi connectivity index (χ0v) is 9.56. The minimum Gasteiger partial charge on any atom is -0.350 e. The topological polar surface area (TPSA) is 54.0 Å². The first kappa shape index (κ1) is 10.6. The summed E-state index contributed by atoms with van der Waals surface area (Å²) in [5.41, 5.74) is 2.82. The molecule has 1 aromatic heterocycles. The zero-order chi connectivity index (χ0) is 10.7. The summed E-state index contributed by atoms with van der Waals surface area (Å²) in [5.74, 6) is 0.111. The number of carbonyl (C=O) groups is 1. The molecule has 1 unspecified atom stereocenters. The molecular weight excluding hydrogens is 210 g/mol. The van der Waals surface area contributed by atoms with E-state index in [-0.39, 0.29) is 11.9 Å². The molecule has 0 spiro atoms. The fourth-order valence-corrected chi connectivity index (χ4v) is 2.41. The number of nitrogens with one attached hydrogen (secondary N) is 2. The largest absolute Gasteiger partial charge is 0.350 e. The van der Waals surface area contributed by atoms with Crippen LogP contribution in [0.3, 0.4) is 0 Å². The number of carbonyl (C=O) groups excluding carboxylic acids is 1. The number of hydrogen-bond donors (Lipinski definition) is 2. The number of amides is 1. The van der Waals surface area contributed by atoms with Crippen LogP contribution < -0.4 is 10.6 Å². The first-order valence-electron chi connectivity index (χ1n) is 5.17. The van der Waals surface area contributed by atoms with Gasteiger partial charge in [0.2, 0.25) is 5.91 Å². The van der Waals surface area contributed by atoms with E-state index in [2.05, 4.69) is 15.6 Å². The second kappa shape index (κ2) is 4.72. The van der Waals surface area contributed by atoms with Crippen LogP contribution in [0.1, 0.15) is 23.4 Å². The normalized spacial score (nSPS) is 20.5. The minimum absolute atomic E-state index is 0.0122. The molecule has 1 amide bonds. The van der Waals surface area contributed by atoms with Crippen molar-refractivity contribution in [3.8, 4) is 0 Å². The van der Waals surface area contributed by atoms with E-state index >= 15 is 0 Å². The molecule has 1 saturated heterocycles. The second-order valence-electron chi connectivity index (χ2n) is 3.73. The molecule has 15 heavy (non-hydrogen) atoms. The summed E-state index contributed by atoms with van der Waals surface area (Å²) in [6, 6.07) is 0.0122. The average Bonchev–Trinajstić information content (AvgIpc) is 2.85. The molecule has 1 aromatic rings. The summed E-state index contributed by atoms with van der Waals surface area (Å²) in [6.45, 7) is 3.52. The Morgan fingerprint density at radius 1 is 1.80 bits per heavy atom. The van der Waals surface area contributed by atoms with Crippen molar-refractivity contribution in [2.24, 2.45) is 0 Å². The Labute approximate surface area is 93.1 Å². The zero-order valence-electron chi connectivity index (χ0n) is 8.75. The van der Waals surface area contributed by atoms with Gasteiger partial charge in [0.15, 0.2) is 0 Å². The van der Waals surface area contributed by atoms with Crippen LogP contribution in [0, 0.1) is 6.92 Å². The highest BCUT2D eigenvalue weighted by molar-refractivity contribution is 7.09. The molecule has 1 atom stereocenters. The molecule has 1 fully saturated rings. The van der Waals surface area contributed by atoms with E-state index in [1.54, 1.807) is 11.3 Å². The second-order valence-corrected chi connectivity index (χ2v) is 4.67. The lowest BCUT2D eigenvalue weighted by Gasteiger charge is -2.10. The lowest BCUT2D eigenvalue weighted by molar-refractivity contribution is -0.122. The first-order valence-corrected chi connectivity index (χ1v) is 6.05. The van der Waals surface area contributed by atoms with E-state index in [1.165, 1.54) is 0 Å². The number of aryl methyl sites for hydroxylation is 1. The van der Waals surface area contributed by atoms with Gasteiger partial charge in [-0.15, -0.1) is 11.3 Å². The Hall–Kier alpha value is -0.940. The smallest absolute Gasteiger partial charge is 0.237 e. The fourth-order valence-electron chi connectivity index (χ4n) is 1.69. The highest BCUT2D eigenvalue weighted by Crippen LogP contribution is 2.12. The van der Waals surface area contributed by atoms with E-state index in [1.807, 2.05) is 12.4 Å². The molecule has 2 heterocycles. The van der Waals surface area contributed by atoms with E-state index in [0.717, 1.165) is 30.0 Å². The standard InChI is InChI=1S/C10H15N3OS/c1-7-9(15-6-13-7)5-12-10(14)8-3-2-4-11-8/h6,8,11H,2-5H2,1H3,(H,12,14). The van der Waals surface area contributed by atoms with Gasteiger partial charge in [-0.2, -0.15) is 0 Å². The molecule has 2 rings (SSSR count).